The van der Waals surface area contributed by atoms with Crippen molar-refractivity contribution in [2.45, 2.75) is 38.1 Å². The van der Waals surface area contributed by atoms with Gasteiger partial charge in [-0.05, 0) is 25.3 Å². The highest BCUT2D eigenvalue weighted by molar-refractivity contribution is 6.05. The summed E-state index contributed by atoms with van der Waals surface area (Å²) in [5.74, 6) is 0.570. The van der Waals surface area contributed by atoms with Gasteiger partial charge in [0.2, 0.25) is 11.8 Å². The molecule has 2 amide bonds. The van der Waals surface area contributed by atoms with Gasteiger partial charge < -0.3 is 5.32 Å². The van der Waals surface area contributed by atoms with Crippen LogP contribution < -0.4 is 5.32 Å². The molecule has 4 nitrogen and oxygen atoms in total. The molecule has 0 radical (unpaired) electrons. The van der Waals surface area contributed by atoms with Crippen LogP contribution in [0.4, 0.5) is 0 Å². The molecule has 2 rings (SSSR count). The highest BCUT2D eigenvalue weighted by Gasteiger charge is 2.35. The van der Waals surface area contributed by atoms with E-state index in [9.17, 15) is 9.59 Å². The lowest BCUT2D eigenvalue weighted by Gasteiger charge is -2.14. The summed E-state index contributed by atoms with van der Waals surface area (Å²) in [6, 6.07) is -0.261. The van der Waals surface area contributed by atoms with E-state index in [0.717, 1.165) is 6.54 Å². The zero-order valence-corrected chi connectivity index (χ0v) is 9.16. The maximum absolute atomic E-state index is 11.6. The van der Waals surface area contributed by atoms with Crippen LogP contribution in [0, 0.1) is 5.92 Å². The molecule has 1 unspecified atom stereocenters. The van der Waals surface area contributed by atoms with Crippen LogP contribution in [-0.4, -0.2) is 36.3 Å². The second kappa shape index (κ2) is 4.31. The molecule has 1 aliphatic carbocycles. The summed E-state index contributed by atoms with van der Waals surface area (Å²) in [7, 11) is 1.56. The van der Waals surface area contributed by atoms with Crippen LogP contribution >= 0.6 is 0 Å². The van der Waals surface area contributed by atoms with Gasteiger partial charge >= 0.3 is 0 Å². The highest BCUT2D eigenvalue weighted by atomic mass is 16.2. The monoisotopic (exact) mass is 210 g/mol. The number of hydrogen-bond donors (Lipinski definition) is 1. The van der Waals surface area contributed by atoms with E-state index in [1.807, 2.05) is 0 Å². The van der Waals surface area contributed by atoms with Crippen molar-refractivity contribution in [2.24, 2.45) is 5.92 Å². The van der Waals surface area contributed by atoms with Crippen molar-refractivity contribution in [1.29, 1.82) is 0 Å². The Kier molecular flexibility index (Phi) is 3.05. The minimum absolute atomic E-state index is 0.0658. The predicted molar refractivity (Wildman–Crippen MR) is 56.1 cm³/mol. The molecule has 1 saturated carbocycles. The van der Waals surface area contributed by atoms with E-state index in [0.29, 0.717) is 12.3 Å². The molecule has 1 saturated heterocycles. The van der Waals surface area contributed by atoms with Gasteiger partial charge in [0, 0.05) is 7.05 Å². The molecule has 1 atom stereocenters. The molecule has 1 aliphatic heterocycles. The number of nitrogens with zero attached hydrogens (tertiary/aromatic N) is 1. The first-order valence-corrected chi connectivity index (χ1v) is 5.72. The Labute approximate surface area is 90.0 Å². The van der Waals surface area contributed by atoms with Crippen molar-refractivity contribution in [2.75, 3.05) is 13.6 Å². The minimum Gasteiger partial charge on any atom is -0.305 e. The number of likely N-dealkylation sites (tertiary alicyclic amines) is 1. The molecular formula is C11H18N2O2. The SMILES string of the molecule is CN1C(=O)CC(NCC2CCCC2)C1=O. The van der Waals surface area contributed by atoms with Crippen molar-refractivity contribution >= 4 is 11.8 Å². The molecule has 84 valence electrons. The van der Waals surface area contributed by atoms with E-state index < -0.39 is 0 Å². The Balaban J connectivity index is 1.80. The van der Waals surface area contributed by atoms with Gasteiger partial charge in [-0.25, -0.2) is 0 Å². The quantitative estimate of drug-likeness (QED) is 0.691. The summed E-state index contributed by atoms with van der Waals surface area (Å²) in [6.45, 7) is 0.886. The standard InChI is InChI=1S/C11H18N2O2/c1-13-10(14)6-9(11(13)15)12-7-8-4-2-3-5-8/h8-9,12H,2-7H2,1H3. The van der Waals surface area contributed by atoms with E-state index in [2.05, 4.69) is 5.32 Å². The molecule has 2 aliphatic rings. The fourth-order valence-electron chi connectivity index (χ4n) is 2.44. The smallest absolute Gasteiger partial charge is 0.246 e. The van der Waals surface area contributed by atoms with Gasteiger partial charge in [0.15, 0.2) is 0 Å². The van der Waals surface area contributed by atoms with Gasteiger partial charge in [0.1, 0.15) is 0 Å². The maximum atomic E-state index is 11.6. The van der Waals surface area contributed by atoms with Gasteiger partial charge in [-0.1, -0.05) is 12.8 Å². The van der Waals surface area contributed by atoms with E-state index in [-0.39, 0.29) is 17.9 Å². The normalized spacial score (nSPS) is 28.1. The number of imide groups is 1. The summed E-state index contributed by atoms with van der Waals surface area (Å²) in [5, 5.41) is 3.22. The Hall–Kier alpha value is -0.900. The number of hydrogen-bond acceptors (Lipinski definition) is 3. The fourth-order valence-corrected chi connectivity index (χ4v) is 2.44. The molecular weight excluding hydrogens is 192 g/mol. The average Bonchev–Trinajstić information content (AvgIpc) is 2.80. The van der Waals surface area contributed by atoms with Crippen LogP contribution in [0.5, 0.6) is 0 Å². The van der Waals surface area contributed by atoms with E-state index in [1.54, 1.807) is 7.05 Å². The molecule has 1 heterocycles. The highest BCUT2D eigenvalue weighted by Crippen LogP contribution is 2.24. The molecule has 0 aromatic heterocycles. The fraction of sp³-hybridized carbons (Fsp3) is 0.818. The number of carbonyl (C=O) groups is 2. The molecule has 0 aromatic rings. The first kappa shape index (κ1) is 10.6. The Morgan fingerprint density at radius 2 is 2.00 bits per heavy atom. The topological polar surface area (TPSA) is 49.4 Å². The van der Waals surface area contributed by atoms with Crippen LogP contribution in [0.25, 0.3) is 0 Å². The molecule has 1 N–H and O–H groups in total. The van der Waals surface area contributed by atoms with Gasteiger partial charge in [-0.2, -0.15) is 0 Å². The Bertz CT molecular complexity index is 272. The maximum Gasteiger partial charge on any atom is 0.246 e. The van der Waals surface area contributed by atoms with E-state index >= 15 is 0 Å². The molecule has 0 spiro atoms. The molecule has 2 fully saturated rings. The number of nitrogens with one attached hydrogen (secondary N) is 1. The zero-order chi connectivity index (χ0) is 10.8. The first-order chi connectivity index (χ1) is 7.18. The molecule has 4 heteroatoms. The number of rotatable bonds is 3. The van der Waals surface area contributed by atoms with Crippen molar-refractivity contribution < 1.29 is 9.59 Å². The van der Waals surface area contributed by atoms with E-state index in [1.165, 1.54) is 30.6 Å². The van der Waals surface area contributed by atoms with Crippen molar-refractivity contribution in [3.63, 3.8) is 0 Å². The minimum atomic E-state index is -0.261. The summed E-state index contributed by atoms with van der Waals surface area (Å²) in [5.41, 5.74) is 0. The van der Waals surface area contributed by atoms with E-state index in [4.69, 9.17) is 0 Å². The average molecular weight is 210 g/mol. The summed E-state index contributed by atoms with van der Waals surface area (Å²) >= 11 is 0. The number of likely N-dealkylation sites (N-methyl/N-ethyl adjacent to an activating group) is 1. The van der Waals surface area contributed by atoms with Crippen LogP contribution in [0.1, 0.15) is 32.1 Å². The van der Waals surface area contributed by atoms with Crippen molar-refractivity contribution in [3.8, 4) is 0 Å². The lowest BCUT2D eigenvalue weighted by atomic mass is 10.1. The van der Waals surface area contributed by atoms with Gasteiger partial charge in [-0.15, -0.1) is 0 Å². The third-order valence-electron chi connectivity index (χ3n) is 3.51. The largest absolute Gasteiger partial charge is 0.305 e. The zero-order valence-electron chi connectivity index (χ0n) is 9.16. The third kappa shape index (κ3) is 2.20. The van der Waals surface area contributed by atoms with Gasteiger partial charge in [-0.3, -0.25) is 14.5 Å². The van der Waals surface area contributed by atoms with Crippen molar-refractivity contribution in [1.82, 2.24) is 10.2 Å². The van der Waals surface area contributed by atoms with Crippen LogP contribution in [0.2, 0.25) is 0 Å². The molecule has 0 bridgehead atoms. The van der Waals surface area contributed by atoms with Crippen molar-refractivity contribution in [3.05, 3.63) is 0 Å². The molecule has 15 heavy (non-hydrogen) atoms. The second-order valence-corrected chi connectivity index (χ2v) is 4.61. The third-order valence-corrected chi connectivity index (χ3v) is 3.51. The summed E-state index contributed by atoms with van der Waals surface area (Å²) in [4.78, 5) is 24.0. The Morgan fingerprint density at radius 3 is 2.53 bits per heavy atom. The van der Waals surface area contributed by atoms with Crippen LogP contribution in [0.3, 0.4) is 0 Å². The Morgan fingerprint density at radius 1 is 1.33 bits per heavy atom. The van der Waals surface area contributed by atoms with Gasteiger partial charge in [0.05, 0.1) is 12.5 Å². The second-order valence-electron chi connectivity index (χ2n) is 4.61. The lowest BCUT2D eigenvalue weighted by Crippen LogP contribution is -2.39. The van der Waals surface area contributed by atoms with Gasteiger partial charge in [0.25, 0.3) is 0 Å². The lowest BCUT2D eigenvalue weighted by molar-refractivity contribution is -0.137. The number of carbonyl (C=O) groups excluding carboxylic acids is 2. The predicted octanol–water partition coefficient (Wildman–Crippen LogP) is 0.523. The summed E-state index contributed by atoms with van der Waals surface area (Å²) < 4.78 is 0. The van der Waals surface area contributed by atoms with Crippen LogP contribution in [0.15, 0.2) is 0 Å². The first-order valence-electron chi connectivity index (χ1n) is 5.72. The van der Waals surface area contributed by atoms with Crippen LogP contribution in [-0.2, 0) is 9.59 Å². The number of amides is 2. The molecule has 0 aromatic carbocycles. The summed E-state index contributed by atoms with van der Waals surface area (Å²) in [6.07, 6.45) is 5.48.